The van der Waals surface area contributed by atoms with Crippen LogP contribution in [-0.2, 0) is 35.1 Å². The van der Waals surface area contributed by atoms with Crippen LogP contribution in [0, 0.1) is 11.3 Å². The molecule has 0 saturated carbocycles. The van der Waals surface area contributed by atoms with Crippen molar-refractivity contribution in [1.82, 2.24) is 19.9 Å². The molecule has 0 radical (unpaired) electrons. The summed E-state index contributed by atoms with van der Waals surface area (Å²) in [6.45, 7) is 4.30. The molecule has 0 spiro atoms. The summed E-state index contributed by atoms with van der Waals surface area (Å²) in [6, 6.07) is 14.6. The van der Waals surface area contributed by atoms with Gasteiger partial charge in [-0.05, 0) is 37.5 Å². The highest BCUT2D eigenvalue weighted by molar-refractivity contribution is 7.47. The molecule has 57 heavy (non-hydrogen) atoms. The predicted octanol–water partition coefficient (Wildman–Crippen LogP) is 7.15. The minimum Gasteiger partial charge on any atom is -0.387 e. The molecule has 2 aromatic heterocycles. The van der Waals surface area contributed by atoms with Crippen LogP contribution in [0.4, 0.5) is 5.82 Å². The second-order valence-electron chi connectivity index (χ2n) is 15.5. The molecule has 1 aromatic carbocycles. The molecule has 1 saturated heterocycles. The van der Waals surface area contributed by atoms with Crippen LogP contribution < -0.4 is 11.1 Å². The number of phosphoric ester groups is 1. The first kappa shape index (κ1) is 46.7. The monoisotopic (exact) mass is 814 g/mol. The normalized spacial score (nSPS) is 21.7. The first-order chi connectivity index (χ1) is 27.6. The topological polar surface area (TPSA) is 207 Å². The van der Waals surface area contributed by atoms with Gasteiger partial charge in [0.15, 0.2) is 5.82 Å². The lowest BCUT2D eigenvalue weighted by molar-refractivity contribution is -0.0645. The standard InChI is InChI=1S/C42H67N6O8P/c1-3-4-5-6-7-8-9-10-11-12-13-14-15-16-17-21-26-53-28-35(47-33(2)27-34-22-19-18-20-23-34)29-54-57(51,52)55-30-37-39(49)40(50)42(31-43,56-37)38-25-24-36-41(44)45-32-46-48(36)38/h18-20,22-25,32-33,35,37,39-40,47,49-50H,3-17,21,26-30H2,1-2H3,(H,51,52)(H2,44,45,46)/t33?,35-,37-,39-,40-,42+/m1/s1. The number of phosphoric acid groups is 1. The number of benzene rings is 1. The third-order valence-corrected chi connectivity index (χ3v) is 11.6. The van der Waals surface area contributed by atoms with Crippen LogP contribution in [0.2, 0.25) is 0 Å². The fourth-order valence-corrected chi connectivity index (χ4v) is 8.27. The Balaban J connectivity index is 1.18. The van der Waals surface area contributed by atoms with Gasteiger partial charge in [-0.3, -0.25) is 9.05 Å². The number of nitriles is 1. The average molecular weight is 815 g/mol. The van der Waals surface area contributed by atoms with Gasteiger partial charge in [-0.1, -0.05) is 134 Å². The van der Waals surface area contributed by atoms with Gasteiger partial charge in [0, 0.05) is 12.6 Å². The van der Waals surface area contributed by atoms with Crippen molar-refractivity contribution in [2.75, 3.05) is 32.2 Å². The molecule has 1 aliphatic heterocycles. The van der Waals surface area contributed by atoms with E-state index >= 15 is 0 Å². The van der Waals surface area contributed by atoms with Gasteiger partial charge >= 0.3 is 7.82 Å². The van der Waals surface area contributed by atoms with Crippen molar-refractivity contribution in [1.29, 1.82) is 5.26 Å². The third kappa shape index (κ3) is 15.0. The summed E-state index contributed by atoms with van der Waals surface area (Å²) in [6.07, 6.45) is 18.0. The van der Waals surface area contributed by atoms with Crippen molar-refractivity contribution >= 4 is 19.2 Å². The van der Waals surface area contributed by atoms with E-state index in [-0.39, 0.29) is 30.8 Å². The molecule has 1 fully saturated rings. The number of ether oxygens (including phenoxy) is 2. The molecule has 3 aromatic rings. The summed E-state index contributed by atoms with van der Waals surface area (Å²) < 4.78 is 36.9. The summed E-state index contributed by atoms with van der Waals surface area (Å²) in [7, 11) is -4.68. The van der Waals surface area contributed by atoms with Gasteiger partial charge in [-0.15, -0.1) is 0 Å². The van der Waals surface area contributed by atoms with Crippen LogP contribution in [0.5, 0.6) is 0 Å². The zero-order chi connectivity index (χ0) is 40.9. The van der Waals surface area contributed by atoms with Gasteiger partial charge in [0.1, 0.15) is 36.2 Å². The number of aliphatic hydroxyl groups excluding tert-OH is 2. The highest BCUT2D eigenvalue weighted by Gasteiger charge is 2.58. The first-order valence-corrected chi connectivity index (χ1v) is 22.6. The van der Waals surface area contributed by atoms with Gasteiger partial charge in [-0.2, -0.15) is 10.4 Å². The molecular formula is C42H67N6O8P. The van der Waals surface area contributed by atoms with Crippen molar-refractivity contribution in [2.45, 2.75) is 159 Å². The summed E-state index contributed by atoms with van der Waals surface area (Å²) in [4.78, 5) is 14.6. The first-order valence-electron chi connectivity index (χ1n) is 21.1. The van der Waals surface area contributed by atoms with Gasteiger partial charge in [0.05, 0.1) is 31.6 Å². The Bertz CT molecular complexity index is 1660. The van der Waals surface area contributed by atoms with Crippen molar-refractivity contribution < 1.29 is 38.2 Å². The fraction of sp³-hybridized carbons (Fsp3) is 0.690. The van der Waals surface area contributed by atoms with Crippen LogP contribution in [0.25, 0.3) is 5.52 Å². The van der Waals surface area contributed by atoms with Gasteiger partial charge in [0.2, 0.25) is 5.60 Å². The number of hydrogen-bond acceptors (Lipinski definition) is 12. The number of anilines is 1. The highest BCUT2D eigenvalue weighted by atomic mass is 31.2. The minimum atomic E-state index is -4.68. The molecule has 1 aliphatic rings. The number of aliphatic hydroxyl groups is 2. The second-order valence-corrected chi connectivity index (χ2v) is 16.9. The van der Waals surface area contributed by atoms with E-state index in [0.29, 0.717) is 12.1 Å². The zero-order valence-electron chi connectivity index (χ0n) is 34.1. The maximum absolute atomic E-state index is 13.1. The van der Waals surface area contributed by atoms with Crippen LogP contribution in [0.15, 0.2) is 48.8 Å². The Labute approximate surface area is 339 Å². The van der Waals surface area contributed by atoms with Crippen LogP contribution in [0.3, 0.4) is 0 Å². The summed E-state index contributed by atoms with van der Waals surface area (Å²) in [5, 5.41) is 39.6. The number of hydrogen-bond donors (Lipinski definition) is 5. The maximum atomic E-state index is 13.1. The van der Waals surface area contributed by atoms with E-state index in [0.717, 1.165) is 24.8 Å². The molecule has 0 aliphatic carbocycles. The number of aromatic nitrogens is 3. The molecule has 0 amide bonds. The van der Waals surface area contributed by atoms with Crippen molar-refractivity contribution in [3.63, 3.8) is 0 Å². The Morgan fingerprint density at radius 3 is 2.16 bits per heavy atom. The number of unbranched alkanes of at least 4 members (excludes halogenated alkanes) is 15. The van der Waals surface area contributed by atoms with Crippen molar-refractivity contribution in [2.24, 2.45) is 0 Å². The second kappa shape index (κ2) is 24.8. The Kier molecular flexibility index (Phi) is 20.4. The molecule has 14 nitrogen and oxygen atoms in total. The van der Waals surface area contributed by atoms with Crippen molar-refractivity contribution in [3.8, 4) is 6.07 Å². The van der Waals surface area contributed by atoms with Gasteiger partial charge in [-0.25, -0.2) is 14.1 Å². The number of nitrogens with zero attached hydrogens (tertiary/aromatic N) is 4. The smallest absolute Gasteiger partial charge is 0.387 e. The molecule has 0 bridgehead atoms. The number of nitrogens with one attached hydrogen (secondary N) is 1. The molecule has 2 unspecified atom stereocenters. The van der Waals surface area contributed by atoms with Crippen LogP contribution in [-0.4, -0.2) is 86.5 Å². The molecule has 4 rings (SSSR count). The number of nitrogens with two attached hydrogens (primary N) is 1. The molecule has 318 valence electrons. The van der Waals surface area contributed by atoms with E-state index in [1.165, 1.54) is 107 Å². The lowest BCUT2D eigenvalue weighted by atomic mass is 9.92. The van der Waals surface area contributed by atoms with E-state index in [4.69, 9.17) is 24.3 Å². The van der Waals surface area contributed by atoms with E-state index in [1.54, 1.807) is 6.07 Å². The zero-order valence-corrected chi connectivity index (χ0v) is 34.9. The third-order valence-electron chi connectivity index (χ3n) is 10.7. The predicted molar refractivity (Wildman–Crippen MR) is 220 cm³/mol. The Morgan fingerprint density at radius 1 is 0.930 bits per heavy atom. The highest BCUT2D eigenvalue weighted by Crippen LogP contribution is 2.46. The fourth-order valence-electron chi connectivity index (χ4n) is 7.49. The molecule has 15 heteroatoms. The summed E-state index contributed by atoms with van der Waals surface area (Å²) >= 11 is 0. The number of nitrogen functional groups attached to an aromatic ring is 1. The van der Waals surface area contributed by atoms with Crippen LogP contribution in [0.1, 0.15) is 128 Å². The van der Waals surface area contributed by atoms with Gasteiger partial charge in [0.25, 0.3) is 0 Å². The van der Waals surface area contributed by atoms with E-state index in [9.17, 15) is 24.9 Å². The quantitative estimate of drug-likeness (QED) is 0.0335. The molecule has 6 N–H and O–H groups in total. The largest absolute Gasteiger partial charge is 0.472 e. The van der Waals surface area contributed by atoms with E-state index < -0.39 is 44.4 Å². The van der Waals surface area contributed by atoms with E-state index in [1.807, 2.05) is 43.3 Å². The minimum absolute atomic E-state index is 0.00697. The summed E-state index contributed by atoms with van der Waals surface area (Å²) in [5.74, 6) is 0.142. The van der Waals surface area contributed by atoms with Gasteiger partial charge < -0.3 is 35.6 Å². The van der Waals surface area contributed by atoms with Crippen molar-refractivity contribution in [3.05, 3.63) is 60.0 Å². The maximum Gasteiger partial charge on any atom is 0.472 e. The SMILES string of the molecule is CCCCCCCCCCCCCCCCCCOC[C@H](COP(=O)(O)OC[C@H]1O[C@@](C#N)(c2ccc3c(N)ncnn23)[C@H](O)[C@@H]1O)NC(C)Cc1ccccc1. The lowest BCUT2D eigenvalue weighted by Crippen LogP contribution is -2.43. The molecule has 3 heterocycles. The Morgan fingerprint density at radius 2 is 1.54 bits per heavy atom. The average Bonchev–Trinajstić information content (AvgIpc) is 3.75. The number of fused-ring (bicyclic) bond motifs is 1. The lowest BCUT2D eigenvalue weighted by Gasteiger charge is -2.25. The summed E-state index contributed by atoms with van der Waals surface area (Å²) in [5.41, 5.74) is 5.47. The number of rotatable bonds is 30. The molecule has 7 atom stereocenters. The van der Waals surface area contributed by atoms with E-state index in [2.05, 4.69) is 22.3 Å². The molecular weight excluding hydrogens is 747 g/mol. The Hall–Kier alpha value is -2.96. The van der Waals surface area contributed by atoms with Crippen LogP contribution >= 0.6 is 7.82 Å².